The van der Waals surface area contributed by atoms with E-state index >= 15 is 0 Å². The molecule has 0 aromatic carbocycles. The predicted molar refractivity (Wildman–Crippen MR) is 54.4 cm³/mol. The summed E-state index contributed by atoms with van der Waals surface area (Å²) < 4.78 is 39.2. The first-order valence-corrected chi connectivity index (χ1v) is 6.60. The van der Waals surface area contributed by atoms with Crippen molar-refractivity contribution >= 4 is 15.4 Å². The maximum absolute atomic E-state index is 13.5. The zero-order valence-corrected chi connectivity index (χ0v) is 9.87. The lowest BCUT2D eigenvalue weighted by molar-refractivity contribution is -0.0961. The van der Waals surface area contributed by atoms with Gasteiger partial charge in [0.1, 0.15) is 12.2 Å². The van der Waals surface area contributed by atoms with E-state index in [0.29, 0.717) is 0 Å². The minimum absolute atomic E-state index is 0.0700. The lowest BCUT2D eigenvalue weighted by Crippen LogP contribution is -2.28. The Bertz CT molecular complexity index is 268. The second-order valence-corrected chi connectivity index (χ2v) is 5.68. The van der Waals surface area contributed by atoms with Crippen LogP contribution in [0.4, 0.5) is 4.39 Å². The molecule has 0 saturated carbocycles. The summed E-state index contributed by atoms with van der Waals surface area (Å²) in [6.07, 6.45) is -1.47. The van der Waals surface area contributed by atoms with Gasteiger partial charge in [0.05, 0.1) is 6.61 Å². The smallest absolute Gasteiger partial charge is 0.325 e. The van der Waals surface area contributed by atoms with E-state index in [1.165, 1.54) is 15.0 Å². The van der Waals surface area contributed by atoms with Crippen molar-refractivity contribution in [1.82, 2.24) is 0 Å². The highest BCUT2D eigenvalue weighted by Crippen LogP contribution is 2.44. The molecular formula is C7H15BFO5P. The highest BCUT2D eigenvalue weighted by Gasteiger charge is 2.45. The summed E-state index contributed by atoms with van der Waals surface area (Å²) in [4.78, 5) is 9.05. The second-order valence-electron chi connectivity index (χ2n) is 3.86. The van der Waals surface area contributed by atoms with E-state index in [9.17, 15) is 8.96 Å². The fourth-order valence-corrected chi connectivity index (χ4v) is 2.31. The van der Waals surface area contributed by atoms with Gasteiger partial charge in [-0.15, -0.1) is 0 Å². The molecule has 88 valence electrons. The number of halogens is 1. The van der Waals surface area contributed by atoms with E-state index in [1.54, 1.807) is 0 Å². The summed E-state index contributed by atoms with van der Waals surface area (Å²) in [7, 11) is -0.930. The molecule has 2 unspecified atom stereocenters. The van der Waals surface area contributed by atoms with Crippen LogP contribution in [0.5, 0.6) is 0 Å². The molecule has 1 saturated heterocycles. The van der Waals surface area contributed by atoms with Gasteiger partial charge in [-0.25, -0.2) is 4.39 Å². The molecule has 5 nitrogen and oxygen atoms in total. The maximum atomic E-state index is 13.5. The van der Waals surface area contributed by atoms with E-state index in [0.717, 1.165) is 6.66 Å². The Morgan fingerprint density at radius 2 is 2.40 bits per heavy atom. The van der Waals surface area contributed by atoms with Crippen LogP contribution >= 0.6 is 7.60 Å². The third-order valence-corrected chi connectivity index (χ3v) is 2.70. The van der Waals surface area contributed by atoms with Gasteiger partial charge in [-0.2, -0.15) is 0 Å². The van der Waals surface area contributed by atoms with E-state index in [1.807, 2.05) is 0 Å². The van der Waals surface area contributed by atoms with Crippen LogP contribution in [0, 0.1) is 0 Å². The largest absolute Gasteiger partial charge is 0.382 e. The van der Waals surface area contributed by atoms with Crippen LogP contribution in [0.15, 0.2) is 0 Å². The third kappa shape index (κ3) is 4.21. The number of hydrogen-bond acceptors (Lipinski definition) is 4. The van der Waals surface area contributed by atoms with Gasteiger partial charge in [0.25, 0.3) is 0 Å². The third-order valence-electron chi connectivity index (χ3n) is 2.04. The standard InChI is InChI=1S/C7H15BFO5P/c1-12-4-6-5(14-15(2,10)11)3-7(8,9)13-6/h5-6H,3-4,8H2,1-2H3,(H,10,11)/t5?,6-,7+/m1/s1. The summed E-state index contributed by atoms with van der Waals surface area (Å²) >= 11 is 0. The molecule has 1 aliphatic heterocycles. The lowest BCUT2D eigenvalue weighted by atomic mass is 9.93. The van der Waals surface area contributed by atoms with Crippen molar-refractivity contribution < 1.29 is 27.8 Å². The molecule has 8 heteroatoms. The fraction of sp³-hybridized carbons (Fsp3) is 1.00. The van der Waals surface area contributed by atoms with Gasteiger partial charge in [0.2, 0.25) is 0 Å². The molecule has 0 spiro atoms. The minimum Gasteiger partial charge on any atom is -0.382 e. The van der Waals surface area contributed by atoms with Crippen LogP contribution < -0.4 is 0 Å². The van der Waals surface area contributed by atoms with Crippen molar-refractivity contribution in [3.63, 3.8) is 0 Å². The first-order valence-electron chi connectivity index (χ1n) is 4.58. The monoisotopic (exact) mass is 240 g/mol. The molecule has 4 atom stereocenters. The number of ether oxygens (including phenoxy) is 2. The fourth-order valence-electron chi connectivity index (χ4n) is 1.59. The Morgan fingerprint density at radius 3 is 2.87 bits per heavy atom. The molecule has 15 heavy (non-hydrogen) atoms. The van der Waals surface area contributed by atoms with Crippen LogP contribution in [0.25, 0.3) is 0 Å². The van der Waals surface area contributed by atoms with Crippen molar-refractivity contribution in [2.75, 3.05) is 20.4 Å². The van der Waals surface area contributed by atoms with Crippen molar-refractivity contribution in [2.24, 2.45) is 0 Å². The van der Waals surface area contributed by atoms with Gasteiger partial charge in [-0.3, -0.25) is 4.57 Å². The molecule has 0 radical (unpaired) electrons. The SMILES string of the molecule is B[C@]1(F)CC(OP(C)(=O)O)[C@@H](COC)O1. The summed E-state index contributed by atoms with van der Waals surface area (Å²) in [6, 6.07) is 0. The lowest BCUT2D eigenvalue weighted by Gasteiger charge is -2.19. The van der Waals surface area contributed by atoms with Gasteiger partial charge in [0, 0.05) is 20.2 Å². The second kappa shape index (κ2) is 4.51. The van der Waals surface area contributed by atoms with Gasteiger partial charge in [-0.1, -0.05) is 0 Å². The Hall–Kier alpha value is 0.0649. The highest BCUT2D eigenvalue weighted by atomic mass is 31.2. The average molecular weight is 240 g/mol. The average Bonchev–Trinajstić information content (AvgIpc) is 2.23. The van der Waals surface area contributed by atoms with Gasteiger partial charge in [0.15, 0.2) is 13.6 Å². The Morgan fingerprint density at radius 1 is 1.80 bits per heavy atom. The Kier molecular flexibility index (Phi) is 3.95. The van der Waals surface area contributed by atoms with E-state index in [4.69, 9.17) is 18.9 Å². The Labute approximate surface area is 88.8 Å². The molecule has 0 aliphatic carbocycles. The molecule has 1 rings (SSSR count). The summed E-state index contributed by atoms with van der Waals surface area (Å²) in [6.45, 7) is 1.19. The molecule has 1 N–H and O–H groups in total. The Balaban J connectivity index is 2.65. The molecule has 0 aromatic heterocycles. The zero-order chi connectivity index (χ0) is 11.7. The van der Waals surface area contributed by atoms with Crippen LogP contribution in [-0.4, -0.2) is 51.1 Å². The predicted octanol–water partition coefficient (Wildman–Crippen LogP) is -0.122. The number of rotatable bonds is 4. The number of alkyl halides is 1. The van der Waals surface area contributed by atoms with Gasteiger partial charge < -0.3 is 18.9 Å². The van der Waals surface area contributed by atoms with E-state index in [-0.39, 0.29) is 13.0 Å². The first kappa shape index (κ1) is 13.1. The molecule has 0 bridgehead atoms. The van der Waals surface area contributed by atoms with Crippen molar-refractivity contribution in [1.29, 1.82) is 0 Å². The zero-order valence-electron chi connectivity index (χ0n) is 8.97. The number of hydrogen-bond donors (Lipinski definition) is 1. The van der Waals surface area contributed by atoms with Crippen molar-refractivity contribution in [2.45, 2.75) is 24.4 Å². The van der Waals surface area contributed by atoms with Crippen molar-refractivity contribution in [3.05, 3.63) is 0 Å². The van der Waals surface area contributed by atoms with Crippen LogP contribution in [0.3, 0.4) is 0 Å². The molecular weight excluding hydrogens is 225 g/mol. The van der Waals surface area contributed by atoms with E-state index in [2.05, 4.69) is 0 Å². The molecule has 0 aromatic rings. The maximum Gasteiger partial charge on any atom is 0.325 e. The first-order chi connectivity index (χ1) is 6.73. The van der Waals surface area contributed by atoms with Crippen LogP contribution in [-0.2, 0) is 18.6 Å². The normalized spacial score (nSPS) is 40.3. The van der Waals surface area contributed by atoms with Crippen LogP contribution in [0.2, 0.25) is 0 Å². The molecule has 0 amide bonds. The summed E-state index contributed by atoms with van der Waals surface area (Å²) in [5.74, 6) is -1.83. The van der Waals surface area contributed by atoms with E-state index < -0.39 is 25.6 Å². The number of methoxy groups -OCH3 is 1. The highest BCUT2D eigenvalue weighted by molar-refractivity contribution is 7.51. The summed E-state index contributed by atoms with van der Waals surface area (Å²) in [5, 5.41) is 0. The van der Waals surface area contributed by atoms with Gasteiger partial charge >= 0.3 is 7.60 Å². The van der Waals surface area contributed by atoms with Gasteiger partial charge in [-0.05, 0) is 0 Å². The summed E-state index contributed by atoms with van der Waals surface area (Å²) in [5.41, 5.74) is 0. The molecule has 1 aliphatic rings. The molecule has 1 heterocycles. The molecule has 1 fully saturated rings. The topological polar surface area (TPSA) is 65.0 Å². The minimum atomic E-state index is -3.63. The van der Waals surface area contributed by atoms with Crippen LogP contribution in [0.1, 0.15) is 6.42 Å². The van der Waals surface area contributed by atoms with Crippen molar-refractivity contribution in [3.8, 4) is 0 Å². The quantitative estimate of drug-likeness (QED) is 0.548.